The lowest BCUT2D eigenvalue weighted by molar-refractivity contribution is 0.698. The number of anilines is 1. The molecule has 0 fully saturated rings. The van der Waals surface area contributed by atoms with Gasteiger partial charge in [-0.25, -0.2) is 0 Å². The van der Waals surface area contributed by atoms with Crippen molar-refractivity contribution in [2.45, 2.75) is 19.3 Å². The molecule has 0 amide bonds. The maximum Gasteiger partial charge on any atom is 0.0403 e. The average molecular weight is 316 g/mol. The largest absolute Gasteiger partial charge is 0.371 e. The van der Waals surface area contributed by atoms with Crippen molar-refractivity contribution in [2.75, 3.05) is 18.0 Å². The molecule has 1 aliphatic heterocycles. The Bertz CT molecular complexity index is 565. The average Bonchev–Trinajstić information content (AvgIpc) is 2.77. The van der Waals surface area contributed by atoms with E-state index < -0.39 is 0 Å². The summed E-state index contributed by atoms with van der Waals surface area (Å²) in [6, 6.07) is 17.5. The lowest BCUT2D eigenvalue weighted by atomic mass is 9.94. The van der Waals surface area contributed by atoms with E-state index in [0.29, 0.717) is 5.92 Å². The number of hydrogen-bond donors (Lipinski definition) is 0. The Morgan fingerprint density at radius 3 is 2.68 bits per heavy atom. The Morgan fingerprint density at radius 2 is 1.95 bits per heavy atom. The molecule has 3 rings (SSSR count). The molecule has 2 aromatic rings. The summed E-state index contributed by atoms with van der Waals surface area (Å²) in [6.45, 7) is 4.45. The van der Waals surface area contributed by atoms with Crippen molar-refractivity contribution in [1.29, 1.82) is 0 Å². The van der Waals surface area contributed by atoms with E-state index in [-0.39, 0.29) is 0 Å². The highest BCUT2D eigenvalue weighted by molar-refractivity contribution is 9.10. The summed E-state index contributed by atoms with van der Waals surface area (Å²) in [5.74, 6) is 0.606. The van der Waals surface area contributed by atoms with E-state index in [9.17, 15) is 0 Å². The minimum atomic E-state index is 0.606. The number of rotatable bonds is 3. The molecule has 0 N–H and O–H groups in total. The van der Waals surface area contributed by atoms with Crippen LogP contribution in [0.5, 0.6) is 0 Å². The first-order chi connectivity index (χ1) is 9.28. The smallest absolute Gasteiger partial charge is 0.0403 e. The lowest BCUT2D eigenvalue weighted by Crippen LogP contribution is -2.21. The first kappa shape index (κ1) is 12.7. The fraction of sp³-hybridized carbons (Fsp3) is 0.294. The molecule has 0 aromatic heterocycles. The fourth-order valence-electron chi connectivity index (χ4n) is 2.98. The third kappa shape index (κ3) is 2.55. The van der Waals surface area contributed by atoms with Gasteiger partial charge in [-0.3, -0.25) is 0 Å². The number of fused-ring (bicyclic) bond motifs is 1. The summed E-state index contributed by atoms with van der Waals surface area (Å²) >= 11 is 3.60. The second-order valence-corrected chi connectivity index (χ2v) is 6.04. The minimum absolute atomic E-state index is 0.606. The van der Waals surface area contributed by atoms with Gasteiger partial charge in [0.1, 0.15) is 0 Å². The molecule has 0 spiro atoms. The first-order valence-corrected chi connectivity index (χ1v) is 7.65. The van der Waals surface area contributed by atoms with Crippen LogP contribution in [0.15, 0.2) is 53.0 Å². The van der Waals surface area contributed by atoms with Gasteiger partial charge in [0.15, 0.2) is 0 Å². The summed E-state index contributed by atoms with van der Waals surface area (Å²) in [6.07, 6.45) is 1.13. The highest BCUT2D eigenvalue weighted by atomic mass is 79.9. The molecule has 19 heavy (non-hydrogen) atoms. The van der Waals surface area contributed by atoms with E-state index in [1.54, 1.807) is 0 Å². The Balaban J connectivity index is 1.91. The van der Waals surface area contributed by atoms with Crippen LogP contribution in [0.1, 0.15) is 24.0 Å². The Morgan fingerprint density at radius 1 is 1.16 bits per heavy atom. The normalized spacial score (nSPS) is 17.6. The summed E-state index contributed by atoms with van der Waals surface area (Å²) in [4.78, 5) is 2.48. The van der Waals surface area contributed by atoms with Gasteiger partial charge >= 0.3 is 0 Å². The lowest BCUT2D eigenvalue weighted by Gasteiger charge is -2.17. The van der Waals surface area contributed by atoms with Gasteiger partial charge in [0.25, 0.3) is 0 Å². The molecule has 1 atom stereocenters. The molecule has 1 aliphatic rings. The Hall–Kier alpha value is -1.28. The van der Waals surface area contributed by atoms with Crippen molar-refractivity contribution in [1.82, 2.24) is 0 Å². The SMILES string of the molecule is CCN1CC(Cc2ccccc2)c2cc(Br)ccc21. The van der Waals surface area contributed by atoms with Crippen LogP contribution in [-0.4, -0.2) is 13.1 Å². The standard InChI is InChI=1S/C17H18BrN/c1-2-19-12-14(10-13-6-4-3-5-7-13)16-11-15(18)8-9-17(16)19/h3-9,11,14H,2,10,12H2,1H3. The van der Waals surface area contributed by atoms with Crippen LogP contribution >= 0.6 is 15.9 Å². The zero-order valence-corrected chi connectivity index (χ0v) is 12.7. The molecule has 1 heterocycles. The third-order valence-electron chi connectivity index (χ3n) is 3.92. The molecule has 1 nitrogen and oxygen atoms in total. The molecule has 1 unspecified atom stereocenters. The van der Waals surface area contributed by atoms with Gasteiger partial charge in [-0.15, -0.1) is 0 Å². The van der Waals surface area contributed by atoms with Gasteiger partial charge in [0.2, 0.25) is 0 Å². The summed E-state index contributed by atoms with van der Waals surface area (Å²) in [5, 5.41) is 0. The second kappa shape index (κ2) is 5.38. The summed E-state index contributed by atoms with van der Waals surface area (Å²) in [5.41, 5.74) is 4.32. The zero-order chi connectivity index (χ0) is 13.2. The zero-order valence-electron chi connectivity index (χ0n) is 11.1. The predicted octanol–water partition coefficient (Wildman–Crippen LogP) is 4.62. The van der Waals surface area contributed by atoms with E-state index in [1.165, 1.54) is 21.3 Å². The van der Waals surface area contributed by atoms with Crippen molar-refractivity contribution in [3.63, 3.8) is 0 Å². The van der Waals surface area contributed by atoms with Gasteiger partial charge in [-0.05, 0) is 42.7 Å². The molecule has 0 radical (unpaired) electrons. The second-order valence-electron chi connectivity index (χ2n) is 5.13. The summed E-state index contributed by atoms with van der Waals surface area (Å²) < 4.78 is 1.18. The van der Waals surface area contributed by atoms with Crippen LogP contribution < -0.4 is 4.90 Å². The van der Waals surface area contributed by atoms with E-state index in [4.69, 9.17) is 0 Å². The molecule has 2 aromatic carbocycles. The van der Waals surface area contributed by atoms with Gasteiger partial charge in [-0.2, -0.15) is 0 Å². The maximum atomic E-state index is 3.60. The highest BCUT2D eigenvalue weighted by Gasteiger charge is 2.27. The Labute approximate surface area is 123 Å². The van der Waals surface area contributed by atoms with Crippen molar-refractivity contribution in [2.24, 2.45) is 0 Å². The Kier molecular flexibility index (Phi) is 3.61. The van der Waals surface area contributed by atoms with E-state index in [2.05, 4.69) is 76.3 Å². The van der Waals surface area contributed by atoms with Crippen LogP contribution in [0, 0.1) is 0 Å². The third-order valence-corrected chi connectivity index (χ3v) is 4.41. The van der Waals surface area contributed by atoms with Crippen molar-refractivity contribution >= 4 is 21.6 Å². The molecule has 0 aliphatic carbocycles. The molecule has 2 heteroatoms. The molecule has 0 saturated heterocycles. The topological polar surface area (TPSA) is 3.24 Å². The number of nitrogens with zero attached hydrogens (tertiary/aromatic N) is 1. The number of likely N-dealkylation sites (N-methyl/N-ethyl adjacent to an activating group) is 1. The highest BCUT2D eigenvalue weighted by Crippen LogP contribution is 2.39. The predicted molar refractivity (Wildman–Crippen MR) is 84.9 cm³/mol. The molecule has 0 saturated carbocycles. The van der Waals surface area contributed by atoms with Crippen molar-refractivity contribution < 1.29 is 0 Å². The quantitative estimate of drug-likeness (QED) is 0.799. The summed E-state index contributed by atoms with van der Waals surface area (Å²) in [7, 11) is 0. The van der Waals surface area contributed by atoms with E-state index in [1.807, 2.05) is 0 Å². The van der Waals surface area contributed by atoms with Gasteiger partial charge in [-0.1, -0.05) is 46.3 Å². The van der Waals surface area contributed by atoms with Crippen LogP contribution in [0.25, 0.3) is 0 Å². The van der Waals surface area contributed by atoms with Crippen molar-refractivity contribution in [3.05, 3.63) is 64.1 Å². The number of hydrogen-bond acceptors (Lipinski definition) is 1. The van der Waals surface area contributed by atoms with Gasteiger partial charge in [0, 0.05) is 29.2 Å². The molecule has 98 valence electrons. The van der Waals surface area contributed by atoms with Crippen LogP contribution in [0.2, 0.25) is 0 Å². The molecule has 0 bridgehead atoms. The maximum absolute atomic E-state index is 3.60. The van der Waals surface area contributed by atoms with Crippen LogP contribution in [0.4, 0.5) is 5.69 Å². The van der Waals surface area contributed by atoms with Gasteiger partial charge < -0.3 is 4.90 Å². The molecular weight excluding hydrogens is 298 g/mol. The fourth-order valence-corrected chi connectivity index (χ4v) is 3.35. The van der Waals surface area contributed by atoms with E-state index in [0.717, 1.165) is 19.5 Å². The van der Waals surface area contributed by atoms with E-state index >= 15 is 0 Å². The van der Waals surface area contributed by atoms with Crippen molar-refractivity contribution in [3.8, 4) is 0 Å². The van der Waals surface area contributed by atoms with Gasteiger partial charge in [0.05, 0.1) is 0 Å². The first-order valence-electron chi connectivity index (χ1n) is 6.86. The number of halogens is 1. The molecular formula is C17H18BrN. The van der Waals surface area contributed by atoms with Crippen LogP contribution in [0.3, 0.4) is 0 Å². The minimum Gasteiger partial charge on any atom is -0.371 e. The number of benzene rings is 2. The monoisotopic (exact) mass is 315 g/mol. The van der Waals surface area contributed by atoms with Crippen LogP contribution in [-0.2, 0) is 6.42 Å².